The highest BCUT2D eigenvalue weighted by molar-refractivity contribution is 5.47. The van der Waals surface area contributed by atoms with Crippen molar-refractivity contribution >= 4 is 0 Å². The van der Waals surface area contributed by atoms with E-state index in [0.29, 0.717) is 5.75 Å². The van der Waals surface area contributed by atoms with Gasteiger partial charge in [-0.3, -0.25) is 0 Å². The SMILES string of the molecule is Oc1ccccc1C1(c2ccccc2)CCNCC1. The number of rotatable bonds is 2. The molecule has 2 heteroatoms. The number of hydrogen-bond donors (Lipinski definition) is 2. The van der Waals surface area contributed by atoms with E-state index in [-0.39, 0.29) is 5.41 Å². The van der Waals surface area contributed by atoms with Crippen LogP contribution in [0, 0.1) is 0 Å². The molecule has 0 aromatic heterocycles. The maximum absolute atomic E-state index is 10.3. The van der Waals surface area contributed by atoms with Gasteiger partial charge in [0.2, 0.25) is 0 Å². The second kappa shape index (κ2) is 5.06. The lowest BCUT2D eigenvalue weighted by Gasteiger charge is -2.39. The Morgan fingerprint density at radius 1 is 0.842 bits per heavy atom. The average molecular weight is 253 g/mol. The maximum Gasteiger partial charge on any atom is 0.119 e. The predicted octanol–water partition coefficient (Wildman–Crippen LogP) is 3.06. The molecule has 0 radical (unpaired) electrons. The molecule has 0 unspecified atom stereocenters. The lowest BCUT2D eigenvalue weighted by atomic mass is 9.68. The summed E-state index contributed by atoms with van der Waals surface area (Å²) >= 11 is 0. The molecule has 1 saturated heterocycles. The molecule has 1 aliphatic rings. The molecule has 0 amide bonds. The second-order valence-electron chi connectivity index (χ2n) is 5.22. The zero-order valence-corrected chi connectivity index (χ0v) is 11.0. The zero-order chi connectivity index (χ0) is 13.1. The fourth-order valence-corrected chi connectivity index (χ4v) is 3.20. The summed E-state index contributed by atoms with van der Waals surface area (Å²) in [5, 5.41) is 13.7. The van der Waals surface area contributed by atoms with Crippen LogP contribution in [-0.4, -0.2) is 18.2 Å². The molecule has 0 saturated carbocycles. The Bertz CT molecular complexity index is 544. The van der Waals surface area contributed by atoms with E-state index in [2.05, 4.69) is 35.6 Å². The molecular formula is C17H19NO. The highest BCUT2D eigenvalue weighted by Crippen LogP contribution is 2.43. The first-order valence-electron chi connectivity index (χ1n) is 6.88. The molecule has 2 aromatic carbocycles. The third-order valence-corrected chi connectivity index (χ3v) is 4.20. The minimum absolute atomic E-state index is 0.0577. The summed E-state index contributed by atoms with van der Waals surface area (Å²) in [6, 6.07) is 18.3. The molecule has 0 bridgehead atoms. The zero-order valence-electron chi connectivity index (χ0n) is 11.0. The summed E-state index contributed by atoms with van der Waals surface area (Å²) in [5.41, 5.74) is 2.30. The van der Waals surface area contributed by atoms with Crippen LogP contribution in [0.3, 0.4) is 0 Å². The third-order valence-electron chi connectivity index (χ3n) is 4.20. The van der Waals surface area contributed by atoms with Crippen LogP contribution in [0.2, 0.25) is 0 Å². The van der Waals surface area contributed by atoms with Crippen LogP contribution < -0.4 is 5.32 Å². The minimum atomic E-state index is -0.0577. The van der Waals surface area contributed by atoms with Gasteiger partial charge >= 0.3 is 0 Å². The normalized spacial score (nSPS) is 18.1. The van der Waals surface area contributed by atoms with Gasteiger partial charge in [-0.1, -0.05) is 48.5 Å². The molecule has 19 heavy (non-hydrogen) atoms. The van der Waals surface area contributed by atoms with Crippen molar-refractivity contribution in [3.05, 3.63) is 65.7 Å². The third kappa shape index (κ3) is 2.13. The second-order valence-corrected chi connectivity index (χ2v) is 5.22. The summed E-state index contributed by atoms with van der Waals surface area (Å²) in [5.74, 6) is 0.410. The summed E-state index contributed by atoms with van der Waals surface area (Å²) < 4.78 is 0. The van der Waals surface area contributed by atoms with Crippen molar-refractivity contribution in [2.75, 3.05) is 13.1 Å². The van der Waals surface area contributed by atoms with Crippen LogP contribution in [-0.2, 0) is 5.41 Å². The number of aromatic hydroxyl groups is 1. The van der Waals surface area contributed by atoms with Crippen LogP contribution in [0.5, 0.6) is 5.75 Å². The summed E-state index contributed by atoms with van der Waals surface area (Å²) in [4.78, 5) is 0. The van der Waals surface area contributed by atoms with Gasteiger partial charge in [0.25, 0.3) is 0 Å². The number of piperidine rings is 1. The van der Waals surface area contributed by atoms with Crippen LogP contribution in [0.15, 0.2) is 54.6 Å². The summed E-state index contributed by atoms with van der Waals surface area (Å²) in [6.07, 6.45) is 2.04. The molecule has 1 fully saturated rings. The Morgan fingerprint density at radius 2 is 1.47 bits per heavy atom. The van der Waals surface area contributed by atoms with Crippen LogP contribution in [0.1, 0.15) is 24.0 Å². The molecule has 98 valence electrons. The smallest absolute Gasteiger partial charge is 0.119 e. The predicted molar refractivity (Wildman–Crippen MR) is 77.4 cm³/mol. The van der Waals surface area contributed by atoms with Gasteiger partial charge in [-0.15, -0.1) is 0 Å². The van der Waals surface area contributed by atoms with Gasteiger partial charge in [-0.2, -0.15) is 0 Å². The first kappa shape index (κ1) is 12.2. The first-order chi connectivity index (χ1) is 9.33. The standard InChI is InChI=1S/C17H19NO/c19-16-9-5-4-8-15(16)17(10-12-18-13-11-17)14-6-2-1-3-7-14/h1-9,18-19H,10-13H2. The first-order valence-corrected chi connectivity index (χ1v) is 6.88. The Morgan fingerprint density at radius 3 is 2.16 bits per heavy atom. The highest BCUT2D eigenvalue weighted by atomic mass is 16.3. The van der Waals surface area contributed by atoms with Crippen molar-refractivity contribution in [3.8, 4) is 5.75 Å². The van der Waals surface area contributed by atoms with Crippen molar-refractivity contribution in [2.24, 2.45) is 0 Å². The number of benzene rings is 2. The van der Waals surface area contributed by atoms with E-state index in [1.165, 1.54) is 5.56 Å². The van der Waals surface area contributed by atoms with Crippen molar-refractivity contribution in [1.82, 2.24) is 5.32 Å². The van der Waals surface area contributed by atoms with Crippen LogP contribution >= 0.6 is 0 Å². The average Bonchev–Trinajstić information content (AvgIpc) is 2.49. The van der Waals surface area contributed by atoms with Crippen LogP contribution in [0.4, 0.5) is 0 Å². The fraction of sp³-hybridized carbons (Fsp3) is 0.294. The lowest BCUT2D eigenvalue weighted by molar-refractivity contribution is 0.346. The van der Waals surface area contributed by atoms with E-state index in [1.807, 2.05) is 18.2 Å². The Labute approximate surface area is 114 Å². The van der Waals surface area contributed by atoms with Crippen molar-refractivity contribution in [2.45, 2.75) is 18.3 Å². The summed E-state index contributed by atoms with van der Waals surface area (Å²) in [7, 11) is 0. The van der Waals surface area contributed by atoms with E-state index in [0.717, 1.165) is 31.5 Å². The van der Waals surface area contributed by atoms with Gasteiger partial charge in [0, 0.05) is 11.0 Å². The van der Waals surface area contributed by atoms with Crippen LogP contribution in [0.25, 0.3) is 0 Å². The molecular weight excluding hydrogens is 234 g/mol. The molecule has 2 N–H and O–H groups in total. The quantitative estimate of drug-likeness (QED) is 0.862. The van der Waals surface area contributed by atoms with E-state index in [4.69, 9.17) is 0 Å². The van der Waals surface area contributed by atoms with Gasteiger partial charge in [0.15, 0.2) is 0 Å². The Hall–Kier alpha value is -1.80. The largest absolute Gasteiger partial charge is 0.508 e. The van der Waals surface area contributed by atoms with E-state index in [9.17, 15) is 5.11 Å². The number of phenols is 1. The lowest BCUT2D eigenvalue weighted by Crippen LogP contribution is -2.40. The van der Waals surface area contributed by atoms with Gasteiger partial charge in [0.1, 0.15) is 5.75 Å². The highest BCUT2D eigenvalue weighted by Gasteiger charge is 2.37. The van der Waals surface area contributed by atoms with Crippen molar-refractivity contribution < 1.29 is 5.11 Å². The molecule has 1 aliphatic heterocycles. The minimum Gasteiger partial charge on any atom is -0.508 e. The molecule has 0 spiro atoms. The van der Waals surface area contributed by atoms with Crippen molar-refractivity contribution in [1.29, 1.82) is 0 Å². The van der Waals surface area contributed by atoms with Gasteiger partial charge < -0.3 is 10.4 Å². The van der Waals surface area contributed by atoms with Gasteiger partial charge in [0.05, 0.1) is 0 Å². The van der Waals surface area contributed by atoms with Gasteiger partial charge in [-0.05, 0) is 37.6 Å². The Balaban J connectivity index is 2.15. The van der Waals surface area contributed by atoms with E-state index >= 15 is 0 Å². The molecule has 2 aromatic rings. The van der Waals surface area contributed by atoms with E-state index in [1.54, 1.807) is 6.07 Å². The molecule has 0 aliphatic carbocycles. The maximum atomic E-state index is 10.3. The topological polar surface area (TPSA) is 32.3 Å². The van der Waals surface area contributed by atoms with Gasteiger partial charge in [-0.25, -0.2) is 0 Å². The monoisotopic (exact) mass is 253 g/mol. The molecule has 2 nitrogen and oxygen atoms in total. The molecule has 0 atom stereocenters. The number of para-hydroxylation sites is 1. The van der Waals surface area contributed by atoms with Crippen molar-refractivity contribution in [3.63, 3.8) is 0 Å². The summed E-state index contributed by atoms with van der Waals surface area (Å²) in [6.45, 7) is 1.98. The fourth-order valence-electron chi connectivity index (χ4n) is 3.20. The molecule has 3 rings (SSSR count). The van der Waals surface area contributed by atoms with E-state index < -0.39 is 0 Å². The number of phenolic OH excluding ortho intramolecular Hbond substituents is 1. The molecule has 1 heterocycles. The number of nitrogens with one attached hydrogen (secondary N) is 1. The number of hydrogen-bond acceptors (Lipinski definition) is 2. The Kier molecular flexibility index (Phi) is 3.26.